The molecule has 35 heteroatoms. The summed E-state index contributed by atoms with van der Waals surface area (Å²) in [6.07, 6.45) is -17.9. The topological polar surface area (TPSA) is 9.23 Å². The van der Waals surface area contributed by atoms with Gasteiger partial charge in [-0.05, 0) is 0 Å². The molecule has 0 heterocycles. The second-order valence-electron chi connectivity index (χ2n) is 10.5. The first-order chi connectivity index (χ1) is 22.2. The summed E-state index contributed by atoms with van der Waals surface area (Å²) in [5.41, 5.74) is -21.3. The molecular weight excluding hydrogens is 878 g/mol. The fourth-order valence-corrected chi connectivity index (χ4v) is 4.51. The van der Waals surface area contributed by atoms with Crippen LogP contribution in [0.3, 0.4) is 0 Å². The Hall–Kier alpha value is -2.42. The van der Waals surface area contributed by atoms with Crippen molar-refractivity contribution in [3.8, 4) is 0 Å². The highest BCUT2D eigenvalue weighted by Crippen LogP contribution is 2.79. The molecule has 53 heavy (non-hydrogen) atoms. The van der Waals surface area contributed by atoms with Crippen molar-refractivity contribution < 1.29 is 154 Å². The summed E-state index contributed by atoms with van der Waals surface area (Å²) in [6, 6.07) is 0. The smallest absolute Gasteiger partial charge is 0.292 e. The molecule has 0 aromatic carbocycles. The molecule has 0 radical (unpaired) electrons. The standard InChI is InChI=1S/C18F34O/c19-1(5(25,26)13(41,42)17(47,48)49)3(21,22)7(29,30)9(33,34)11(37,38)15(1,45)53-16(46)2(20,6(27,28)14(43,44)18(50,51)52)4(23,24)8(31,32)10(35,36)12(16,39)40. The van der Waals surface area contributed by atoms with Gasteiger partial charge in [0.05, 0.1) is 0 Å². The van der Waals surface area contributed by atoms with Crippen LogP contribution in [-0.2, 0) is 4.74 Å². The molecule has 0 aliphatic heterocycles. The highest BCUT2D eigenvalue weighted by Gasteiger charge is 3.12. The van der Waals surface area contributed by atoms with Gasteiger partial charge in [0.25, 0.3) is 0 Å². The predicted octanol–water partition coefficient (Wildman–Crippen LogP) is 10.5. The molecule has 0 spiro atoms. The largest absolute Gasteiger partial charge is 0.460 e. The van der Waals surface area contributed by atoms with E-state index < -0.39 is 106 Å². The number of ether oxygens (including phenoxy) is 1. The Morgan fingerprint density at radius 1 is 0.245 bits per heavy atom. The third-order valence-corrected chi connectivity index (χ3v) is 7.57. The zero-order chi connectivity index (χ0) is 43.7. The van der Waals surface area contributed by atoms with Gasteiger partial charge in [-0.1, -0.05) is 0 Å². The third-order valence-electron chi connectivity index (χ3n) is 7.57. The maximum absolute atomic E-state index is 15.6. The van der Waals surface area contributed by atoms with E-state index in [9.17, 15) is 132 Å². The van der Waals surface area contributed by atoms with Gasteiger partial charge in [0.2, 0.25) is 0 Å². The third kappa shape index (κ3) is 4.09. The van der Waals surface area contributed by atoms with Crippen molar-refractivity contribution in [1.82, 2.24) is 0 Å². The highest BCUT2D eigenvalue weighted by atomic mass is 19.4. The molecule has 0 saturated heterocycles. The fourth-order valence-electron chi connectivity index (χ4n) is 4.51. The Kier molecular flexibility index (Phi) is 9.08. The van der Waals surface area contributed by atoms with Crippen LogP contribution >= 0.6 is 0 Å². The molecule has 0 bridgehead atoms. The van der Waals surface area contributed by atoms with Crippen LogP contribution in [0.2, 0.25) is 0 Å². The molecular formula is C18F34O. The second-order valence-corrected chi connectivity index (χ2v) is 10.5. The van der Waals surface area contributed by atoms with Gasteiger partial charge in [-0.2, -0.15) is 132 Å². The van der Waals surface area contributed by atoms with Crippen molar-refractivity contribution in [2.45, 2.75) is 106 Å². The first kappa shape index (κ1) is 46.7. The van der Waals surface area contributed by atoms with E-state index in [0.29, 0.717) is 4.74 Å². The van der Waals surface area contributed by atoms with Crippen LogP contribution in [0, 0.1) is 0 Å². The quantitative estimate of drug-likeness (QED) is 0.242. The second kappa shape index (κ2) is 10.3. The van der Waals surface area contributed by atoms with E-state index in [1.165, 1.54) is 0 Å². The fraction of sp³-hybridized carbons (Fsp3) is 1.00. The van der Waals surface area contributed by atoms with Crippen LogP contribution in [0.25, 0.3) is 0 Å². The van der Waals surface area contributed by atoms with Gasteiger partial charge < -0.3 is 0 Å². The van der Waals surface area contributed by atoms with E-state index in [1.807, 2.05) is 0 Å². The minimum Gasteiger partial charge on any atom is -0.292 e. The molecule has 0 aromatic heterocycles. The molecule has 4 unspecified atom stereocenters. The highest BCUT2D eigenvalue weighted by molar-refractivity contribution is 5.36. The summed E-state index contributed by atoms with van der Waals surface area (Å²) in [4.78, 5) is 0. The molecule has 0 aromatic rings. The predicted molar refractivity (Wildman–Crippen MR) is 87.9 cm³/mol. The first-order valence-electron chi connectivity index (χ1n) is 11.3. The van der Waals surface area contributed by atoms with Gasteiger partial charge in [0, 0.05) is 0 Å². The average molecular weight is 878 g/mol. The molecule has 0 amide bonds. The summed E-state index contributed by atoms with van der Waals surface area (Å²) in [5, 5.41) is 0. The van der Waals surface area contributed by atoms with Gasteiger partial charge >= 0.3 is 106 Å². The lowest BCUT2D eigenvalue weighted by Gasteiger charge is -2.61. The van der Waals surface area contributed by atoms with E-state index >= 15 is 17.6 Å². The van der Waals surface area contributed by atoms with Crippen LogP contribution in [0.4, 0.5) is 149 Å². The van der Waals surface area contributed by atoms with Crippen LogP contribution in [0.1, 0.15) is 0 Å². The molecule has 2 saturated carbocycles. The van der Waals surface area contributed by atoms with Gasteiger partial charge in [0.1, 0.15) is 0 Å². The Labute approximate surface area is 262 Å². The maximum atomic E-state index is 15.6. The van der Waals surface area contributed by atoms with Gasteiger partial charge in [-0.25, -0.2) is 17.6 Å². The Bertz CT molecular complexity index is 1360. The van der Waals surface area contributed by atoms with Gasteiger partial charge in [0.15, 0.2) is 0 Å². The van der Waals surface area contributed by atoms with Crippen molar-refractivity contribution in [1.29, 1.82) is 0 Å². The zero-order valence-corrected chi connectivity index (χ0v) is 22.3. The molecule has 0 N–H and O–H groups in total. The number of rotatable bonds is 6. The van der Waals surface area contributed by atoms with E-state index in [0.717, 1.165) is 0 Å². The van der Waals surface area contributed by atoms with Crippen LogP contribution in [0.5, 0.6) is 0 Å². The lowest BCUT2D eigenvalue weighted by Crippen LogP contribution is -2.95. The normalized spacial score (nSPS) is 36.6. The monoisotopic (exact) mass is 878 g/mol. The molecule has 316 valence electrons. The summed E-state index contributed by atoms with van der Waals surface area (Å²) in [7, 11) is 0. The van der Waals surface area contributed by atoms with Crippen LogP contribution in [0.15, 0.2) is 0 Å². The number of halogens is 34. The Balaban J connectivity index is 3.59. The Morgan fingerprint density at radius 2 is 0.415 bits per heavy atom. The van der Waals surface area contributed by atoms with Crippen molar-refractivity contribution in [3.05, 3.63) is 0 Å². The van der Waals surface area contributed by atoms with Crippen molar-refractivity contribution in [2.75, 3.05) is 0 Å². The molecule has 1 nitrogen and oxygen atoms in total. The van der Waals surface area contributed by atoms with Crippen molar-refractivity contribution >= 4 is 0 Å². The maximum Gasteiger partial charge on any atom is 0.460 e. The number of hydrogen-bond acceptors (Lipinski definition) is 1. The van der Waals surface area contributed by atoms with Gasteiger partial charge in [-0.15, -0.1) is 0 Å². The minimum atomic E-state index is -10.6. The summed E-state index contributed by atoms with van der Waals surface area (Å²) < 4.78 is 477. The molecule has 4 atom stereocenters. The summed E-state index contributed by atoms with van der Waals surface area (Å²) in [5.74, 6) is -139. The molecule has 2 rings (SSSR count). The lowest BCUT2D eigenvalue weighted by molar-refractivity contribution is -0.593. The zero-order valence-electron chi connectivity index (χ0n) is 22.3. The lowest BCUT2D eigenvalue weighted by atomic mass is 9.64. The number of alkyl halides is 34. The van der Waals surface area contributed by atoms with Crippen LogP contribution in [-0.4, -0.2) is 106 Å². The molecule has 2 aliphatic carbocycles. The summed E-state index contributed by atoms with van der Waals surface area (Å²) >= 11 is 0. The SMILES string of the molecule is FC(F)(F)C(F)(F)C(F)(F)C1(F)C(F)(F)C(F)(F)C(F)(F)C(F)(F)C1(F)OC1(F)C(F)(F)C(F)(F)C(F)(F)C(F)(F)C1(F)C(F)(F)C(F)(F)C(F)(F)F. The van der Waals surface area contributed by atoms with Crippen molar-refractivity contribution in [2.24, 2.45) is 0 Å². The van der Waals surface area contributed by atoms with Gasteiger partial charge in [-0.3, -0.25) is 4.74 Å². The molecule has 2 fully saturated rings. The number of hydrogen-bond donors (Lipinski definition) is 0. The van der Waals surface area contributed by atoms with Crippen LogP contribution < -0.4 is 0 Å². The van der Waals surface area contributed by atoms with E-state index in [-0.39, 0.29) is 0 Å². The van der Waals surface area contributed by atoms with E-state index in [2.05, 4.69) is 0 Å². The van der Waals surface area contributed by atoms with Crippen molar-refractivity contribution in [3.63, 3.8) is 0 Å². The minimum absolute atomic E-state index is 0.555. The van der Waals surface area contributed by atoms with E-state index in [4.69, 9.17) is 0 Å². The molecule has 2 aliphatic rings. The first-order valence-corrected chi connectivity index (χ1v) is 11.3. The Morgan fingerprint density at radius 3 is 0.585 bits per heavy atom. The summed E-state index contributed by atoms with van der Waals surface area (Å²) in [6.45, 7) is 0. The average Bonchev–Trinajstić information content (AvgIpc) is 2.92. The van der Waals surface area contributed by atoms with E-state index in [1.54, 1.807) is 0 Å².